The lowest BCUT2D eigenvalue weighted by Gasteiger charge is -2.25. The summed E-state index contributed by atoms with van der Waals surface area (Å²) in [4.78, 5) is 23.8. The summed E-state index contributed by atoms with van der Waals surface area (Å²) in [5, 5.41) is 16.2. The summed E-state index contributed by atoms with van der Waals surface area (Å²) in [6.45, 7) is 4.80. The molecular formula is C18H22FN3O4. The zero-order valence-corrected chi connectivity index (χ0v) is 15.2. The predicted molar refractivity (Wildman–Crippen MR) is 92.8 cm³/mol. The van der Waals surface area contributed by atoms with Crippen LogP contribution >= 0.6 is 0 Å². The molecule has 0 saturated carbocycles. The molecular weight excluding hydrogens is 341 g/mol. The molecule has 8 heteroatoms. The number of rotatable bonds is 7. The van der Waals surface area contributed by atoms with E-state index in [-0.39, 0.29) is 18.8 Å². The Balaban J connectivity index is 2.23. The maximum Gasteiger partial charge on any atom is 0.331 e. The van der Waals surface area contributed by atoms with Crippen molar-refractivity contribution >= 4 is 11.9 Å². The van der Waals surface area contributed by atoms with Gasteiger partial charge in [-0.25, -0.2) is 13.9 Å². The third kappa shape index (κ3) is 4.08. The molecule has 0 saturated heterocycles. The van der Waals surface area contributed by atoms with E-state index in [2.05, 4.69) is 10.4 Å². The number of nitrogens with zero attached hydrogens (tertiary/aromatic N) is 2. The van der Waals surface area contributed by atoms with Gasteiger partial charge >= 0.3 is 5.97 Å². The smallest absolute Gasteiger partial charge is 0.331 e. The number of aryl methyl sites for hydroxylation is 1. The Hall–Kier alpha value is -2.74. The van der Waals surface area contributed by atoms with Crippen LogP contribution in [0.25, 0.3) is 5.69 Å². The van der Waals surface area contributed by atoms with Crippen molar-refractivity contribution in [1.82, 2.24) is 15.1 Å². The first-order chi connectivity index (χ1) is 12.2. The van der Waals surface area contributed by atoms with Crippen molar-refractivity contribution in [1.29, 1.82) is 0 Å². The van der Waals surface area contributed by atoms with Crippen LogP contribution in [0, 0.1) is 19.7 Å². The Morgan fingerprint density at radius 3 is 2.46 bits per heavy atom. The molecule has 1 unspecified atom stereocenters. The van der Waals surface area contributed by atoms with E-state index in [1.807, 2.05) is 0 Å². The third-order valence-corrected chi connectivity index (χ3v) is 4.17. The molecule has 0 radical (unpaired) electrons. The van der Waals surface area contributed by atoms with E-state index >= 15 is 0 Å². The molecule has 0 bridgehead atoms. The van der Waals surface area contributed by atoms with Gasteiger partial charge < -0.3 is 15.2 Å². The molecule has 1 atom stereocenters. The second kappa shape index (κ2) is 7.65. The lowest BCUT2D eigenvalue weighted by atomic mass is 10.0. The van der Waals surface area contributed by atoms with E-state index in [4.69, 9.17) is 4.74 Å². The SMILES string of the molecule is COCC(C)(NC(=O)Cc1c(C)nn(-c2ccc(F)cc2)c1C)C(=O)O. The van der Waals surface area contributed by atoms with Gasteiger partial charge in [0, 0.05) is 18.4 Å². The summed E-state index contributed by atoms with van der Waals surface area (Å²) < 4.78 is 19.6. The Morgan fingerprint density at radius 2 is 1.92 bits per heavy atom. The van der Waals surface area contributed by atoms with Gasteiger partial charge in [-0.1, -0.05) is 0 Å². The molecule has 1 aromatic carbocycles. The lowest BCUT2D eigenvalue weighted by Crippen LogP contribution is -2.55. The summed E-state index contributed by atoms with van der Waals surface area (Å²) in [6, 6.07) is 5.86. The molecule has 0 fully saturated rings. The molecule has 0 aliphatic carbocycles. The van der Waals surface area contributed by atoms with Crippen LogP contribution in [0.1, 0.15) is 23.9 Å². The van der Waals surface area contributed by atoms with E-state index in [1.54, 1.807) is 30.7 Å². The number of hydrogen-bond donors (Lipinski definition) is 2. The van der Waals surface area contributed by atoms with E-state index in [9.17, 15) is 19.1 Å². The number of carboxylic acid groups (broad SMARTS) is 1. The number of carbonyl (C=O) groups excluding carboxylic acids is 1. The monoisotopic (exact) mass is 363 g/mol. The topological polar surface area (TPSA) is 93.5 Å². The highest BCUT2D eigenvalue weighted by atomic mass is 19.1. The van der Waals surface area contributed by atoms with Crippen molar-refractivity contribution in [3.63, 3.8) is 0 Å². The van der Waals surface area contributed by atoms with Gasteiger partial charge in [0.15, 0.2) is 5.54 Å². The van der Waals surface area contributed by atoms with E-state index < -0.39 is 17.4 Å². The zero-order chi connectivity index (χ0) is 19.5. The van der Waals surface area contributed by atoms with Crippen LogP contribution in [0.15, 0.2) is 24.3 Å². The van der Waals surface area contributed by atoms with Crippen molar-refractivity contribution < 1.29 is 23.8 Å². The van der Waals surface area contributed by atoms with Crippen molar-refractivity contribution in [3.05, 3.63) is 47.0 Å². The Morgan fingerprint density at radius 1 is 1.31 bits per heavy atom. The van der Waals surface area contributed by atoms with Crippen LogP contribution in [0.5, 0.6) is 0 Å². The first-order valence-corrected chi connectivity index (χ1v) is 8.02. The molecule has 1 heterocycles. The highest BCUT2D eigenvalue weighted by molar-refractivity contribution is 5.88. The largest absolute Gasteiger partial charge is 0.479 e. The Bertz CT molecular complexity index is 817. The van der Waals surface area contributed by atoms with Gasteiger partial charge in [-0.15, -0.1) is 0 Å². The maximum absolute atomic E-state index is 13.1. The highest BCUT2D eigenvalue weighted by Crippen LogP contribution is 2.19. The van der Waals surface area contributed by atoms with Gasteiger partial charge in [0.25, 0.3) is 0 Å². The predicted octanol–water partition coefficient (Wildman–Crippen LogP) is 1.78. The number of benzene rings is 1. The fourth-order valence-corrected chi connectivity index (χ4v) is 2.72. The fourth-order valence-electron chi connectivity index (χ4n) is 2.72. The first-order valence-electron chi connectivity index (χ1n) is 8.02. The fraction of sp³-hybridized carbons (Fsp3) is 0.389. The molecule has 7 nitrogen and oxygen atoms in total. The van der Waals surface area contributed by atoms with Crippen molar-refractivity contribution in [3.8, 4) is 5.69 Å². The quantitative estimate of drug-likeness (QED) is 0.782. The molecule has 2 rings (SSSR count). The average Bonchev–Trinajstić information content (AvgIpc) is 2.83. The molecule has 0 aliphatic rings. The second-order valence-corrected chi connectivity index (χ2v) is 6.33. The first kappa shape index (κ1) is 19.6. The van der Waals surface area contributed by atoms with Crippen LogP contribution in [-0.2, 0) is 20.7 Å². The number of carbonyl (C=O) groups is 2. The molecule has 26 heavy (non-hydrogen) atoms. The minimum Gasteiger partial charge on any atom is -0.479 e. The number of aliphatic carboxylic acids is 1. The van der Waals surface area contributed by atoms with Gasteiger partial charge in [0.1, 0.15) is 5.82 Å². The third-order valence-electron chi connectivity index (χ3n) is 4.17. The normalized spacial score (nSPS) is 13.3. The minimum atomic E-state index is -1.51. The molecule has 0 aliphatic heterocycles. The van der Waals surface area contributed by atoms with Crippen LogP contribution < -0.4 is 5.32 Å². The number of halogens is 1. The lowest BCUT2D eigenvalue weighted by molar-refractivity contribution is -0.149. The van der Waals surface area contributed by atoms with Gasteiger partial charge in [-0.05, 0) is 45.0 Å². The molecule has 140 valence electrons. The number of amides is 1. The number of aromatic nitrogens is 2. The number of hydrogen-bond acceptors (Lipinski definition) is 4. The highest BCUT2D eigenvalue weighted by Gasteiger charge is 2.35. The standard InChI is InChI=1S/C18H22FN3O4/c1-11-15(9-16(23)20-18(3,10-26-4)17(24)25)12(2)22(21-11)14-7-5-13(19)6-8-14/h5-8H,9-10H2,1-4H3,(H,20,23)(H,24,25). The van der Waals surface area contributed by atoms with Gasteiger partial charge in [0.05, 0.1) is 24.4 Å². The molecule has 2 aromatic rings. The second-order valence-electron chi connectivity index (χ2n) is 6.33. The maximum atomic E-state index is 13.1. The van der Waals surface area contributed by atoms with Crippen LogP contribution in [0.2, 0.25) is 0 Å². The summed E-state index contributed by atoms with van der Waals surface area (Å²) >= 11 is 0. The molecule has 2 N–H and O–H groups in total. The van der Waals surface area contributed by atoms with Crippen molar-refractivity contribution in [2.45, 2.75) is 32.7 Å². The summed E-state index contributed by atoms with van der Waals surface area (Å²) in [5.41, 5.74) is 1.23. The Kier molecular flexibility index (Phi) is 5.76. The van der Waals surface area contributed by atoms with E-state index in [0.29, 0.717) is 16.9 Å². The van der Waals surface area contributed by atoms with Crippen LogP contribution in [-0.4, -0.2) is 46.0 Å². The van der Waals surface area contributed by atoms with Gasteiger partial charge in [0.2, 0.25) is 5.91 Å². The zero-order valence-electron chi connectivity index (χ0n) is 15.2. The number of ether oxygens (including phenoxy) is 1. The number of carboxylic acids is 1. The van der Waals surface area contributed by atoms with Crippen molar-refractivity contribution in [2.24, 2.45) is 0 Å². The van der Waals surface area contributed by atoms with Crippen LogP contribution in [0.4, 0.5) is 4.39 Å². The summed E-state index contributed by atoms with van der Waals surface area (Å²) in [5.74, 6) is -1.97. The number of nitrogens with one attached hydrogen (secondary N) is 1. The number of methoxy groups -OCH3 is 1. The minimum absolute atomic E-state index is 0.0224. The van der Waals surface area contributed by atoms with Crippen molar-refractivity contribution in [2.75, 3.05) is 13.7 Å². The molecule has 1 amide bonds. The van der Waals surface area contributed by atoms with E-state index in [0.717, 1.165) is 5.69 Å². The Labute approximate surface area is 150 Å². The van der Waals surface area contributed by atoms with Gasteiger partial charge in [-0.3, -0.25) is 4.79 Å². The van der Waals surface area contributed by atoms with Crippen LogP contribution in [0.3, 0.4) is 0 Å². The summed E-state index contributed by atoms with van der Waals surface area (Å²) in [7, 11) is 1.37. The summed E-state index contributed by atoms with van der Waals surface area (Å²) in [6.07, 6.45) is -0.0224. The molecule has 1 aromatic heterocycles. The van der Waals surface area contributed by atoms with E-state index in [1.165, 1.54) is 26.2 Å². The molecule has 0 spiro atoms. The van der Waals surface area contributed by atoms with Gasteiger partial charge in [-0.2, -0.15) is 5.10 Å². The average molecular weight is 363 g/mol.